The van der Waals surface area contributed by atoms with Crippen LogP contribution in [-0.4, -0.2) is 5.97 Å². The van der Waals surface area contributed by atoms with Crippen molar-refractivity contribution in [1.82, 2.24) is 0 Å². The van der Waals surface area contributed by atoms with E-state index in [4.69, 9.17) is 9.78 Å². The summed E-state index contributed by atoms with van der Waals surface area (Å²) < 4.78 is 0. The molecule has 1 aromatic rings. The average Bonchev–Trinajstić information content (AvgIpc) is 2.54. The van der Waals surface area contributed by atoms with Crippen LogP contribution >= 0.6 is 0 Å². The molecule has 2 unspecified atom stereocenters. The van der Waals surface area contributed by atoms with Crippen molar-refractivity contribution in [2.24, 2.45) is 11.8 Å². The normalized spacial score (nSPS) is 22.5. The van der Waals surface area contributed by atoms with Crippen LogP contribution in [-0.2, 0) is 16.2 Å². The molecule has 0 saturated heterocycles. The lowest BCUT2D eigenvalue weighted by Crippen LogP contribution is -2.22. The van der Waals surface area contributed by atoms with E-state index in [1.165, 1.54) is 18.4 Å². The molecule has 3 heteroatoms. The fourth-order valence-corrected chi connectivity index (χ4v) is 2.74. The van der Waals surface area contributed by atoms with E-state index < -0.39 is 5.97 Å². The van der Waals surface area contributed by atoms with Gasteiger partial charge >= 0.3 is 5.97 Å². The Morgan fingerprint density at radius 3 is 2.55 bits per heavy atom. The van der Waals surface area contributed by atoms with Crippen molar-refractivity contribution in [3.63, 3.8) is 0 Å². The van der Waals surface area contributed by atoms with Crippen LogP contribution < -0.4 is 0 Å². The third-order valence-electron chi connectivity index (χ3n) is 4.64. The Labute approximate surface area is 133 Å². The first kappa shape index (κ1) is 17.0. The first-order chi connectivity index (χ1) is 10.6. The summed E-state index contributed by atoms with van der Waals surface area (Å²) in [5, 5.41) is 0. The molecule has 1 fully saturated rings. The lowest BCUT2D eigenvalue weighted by Gasteiger charge is -2.29. The second-order valence-corrected chi connectivity index (χ2v) is 6.49. The van der Waals surface area contributed by atoms with Gasteiger partial charge in [-0.15, -0.1) is 0 Å². The number of hydrogen-bond acceptors (Lipinski definition) is 3. The zero-order valence-electron chi connectivity index (χ0n) is 13.9. The van der Waals surface area contributed by atoms with Crippen molar-refractivity contribution < 1.29 is 14.6 Å². The number of benzene rings is 1. The SMILES string of the molecule is CCCCc1ccc(C(=O)OO[C]2CCC(C)C(C)C2)cc1. The number of aryl methyl sites for hydroxylation is 1. The minimum atomic E-state index is -0.416. The molecule has 1 aromatic carbocycles. The topological polar surface area (TPSA) is 35.5 Å². The standard InChI is InChI=1S/C19H27O3/c1-4-5-6-16-8-10-17(11-9-16)19(20)22-21-18-12-7-14(2)15(3)13-18/h8-11,14-15H,4-7,12-13H2,1-3H3. The predicted octanol–water partition coefficient (Wildman–Crippen LogP) is 5.11. The van der Waals surface area contributed by atoms with E-state index in [0.717, 1.165) is 31.8 Å². The fraction of sp³-hybridized carbons (Fsp3) is 0.579. The molecule has 0 aromatic heterocycles. The maximum atomic E-state index is 12.0. The number of carbonyl (C=O) groups is 1. The van der Waals surface area contributed by atoms with Gasteiger partial charge in [-0.2, -0.15) is 4.89 Å². The number of unbranched alkanes of at least 4 members (excludes halogenated alkanes) is 1. The molecule has 0 spiro atoms. The van der Waals surface area contributed by atoms with Gasteiger partial charge < -0.3 is 0 Å². The van der Waals surface area contributed by atoms with Gasteiger partial charge in [0.1, 0.15) is 6.10 Å². The highest BCUT2D eigenvalue weighted by molar-refractivity contribution is 5.88. The van der Waals surface area contributed by atoms with Crippen LogP contribution in [0.4, 0.5) is 0 Å². The average molecular weight is 303 g/mol. The predicted molar refractivity (Wildman–Crippen MR) is 87.0 cm³/mol. The first-order valence-corrected chi connectivity index (χ1v) is 8.42. The van der Waals surface area contributed by atoms with E-state index in [1.54, 1.807) is 0 Å². The molecule has 0 N–H and O–H groups in total. The summed E-state index contributed by atoms with van der Waals surface area (Å²) in [4.78, 5) is 22.3. The Bertz CT molecular complexity index is 466. The Kier molecular flexibility index (Phi) is 6.44. The zero-order valence-corrected chi connectivity index (χ0v) is 13.9. The zero-order chi connectivity index (χ0) is 15.9. The Morgan fingerprint density at radius 2 is 1.91 bits per heavy atom. The van der Waals surface area contributed by atoms with E-state index in [2.05, 4.69) is 20.8 Å². The van der Waals surface area contributed by atoms with Gasteiger partial charge in [0.25, 0.3) is 0 Å². The van der Waals surface area contributed by atoms with E-state index in [9.17, 15) is 4.79 Å². The van der Waals surface area contributed by atoms with Gasteiger partial charge in [0.15, 0.2) is 0 Å². The van der Waals surface area contributed by atoms with E-state index in [0.29, 0.717) is 17.4 Å². The molecule has 3 nitrogen and oxygen atoms in total. The highest BCUT2D eigenvalue weighted by atomic mass is 17.2. The van der Waals surface area contributed by atoms with Crippen molar-refractivity contribution in [3.8, 4) is 0 Å². The fourth-order valence-electron chi connectivity index (χ4n) is 2.74. The smallest absolute Gasteiger partial charge is 0.292 e. The molecule has 1 saturated carbocycles. The molecule has 1 radical (unpaired) electrons. The van der Waals surface area contributed by atoms with Crippen molar-refractivity contribution in [3.05, 3.63) is 41.5 Å². The second kappa shape index (κ2) is 8.33. The summed E-state index contributed by atoms with van der Waals surface area (Å²) in [5.74, 6) is 0.875. The number of rotatable bonds is 6. The highest BCUT2D eigenvalue weighted by Crippen LogP contribution is 2.35. The van der Waals surface area contributed by atoms with E-state index in [1.807, 2.05) is 24.3 Å². The van der Waals surface area contributed by atoms with Gasteiger partial charge in [-0.05, 0) is 61.6 Å². The van der Waals surface area contributed by atoms with Gasteiger partial charge in [-0.3, -0.25) is 4.89 Å². The van der Waals surface area contributed by atoms with Gasteiger partial charge in [0, 0.05) is 0 Å². The van der Waals surface area contributed by atoms with Gasteiger partial charge in [0.05, 0.1) is 5.56 Å². The third-order valence-corrected chi connectivity index (χ3v) is 4.64. The lowest BCUT2D eigenvalue weighted by molar-refractivity contribution is -0.242. The number of carbonyl (C=O) groups excluding carboxylic acids is 1. The first-order valence-electron chi connectivity index (χ1n) is 8.42. The third kappa shape index (κ3) is 4.84. The van der Waals surface area contributed by atoms with Gasteiger partial charge in [-0.25, -0.2) is 4.79 Å². The largest absolute Gasteiger partial charge is 0.373 e. The summed E-state index contributed by atoms with van der Waals surface area (Å²) in [6.07, 6.45) is 7.14. The molecule has 1 aliphatic carbocycles. The van der Waals surface area contributed by atoms with Crippen LogP contribution in [0.2, 0.25) is 0 Å². The molecule has 0 bridgehead atoms. The van der Waals surface area contributed by atoms with E-state index >= 15 is 0 Å². The number of hydrogen-bond donors (Lipinski definition) is 0. The summed E-state index contributed by atoms with van der Waals surface area (Å²) in [7, 11) is 0. The van der Waals surface area contributed by atoms with Crippen LogP contribution in [0.1, 0.15) is 68.8 Å². The Balaban J connectivity index is 1.79. The summed E-state index contributed by atoms with van der Waals surface area (Å²) in [6.45, 7) is 6.64. The summed E-state index contributed by atoms with van der Waals surface area (Å²) in [6, 6.07) is 7.60. The van der Waals surface area contributed by atoms with Gasteiger partial charge in [0.2, 0.25) is 0 Å². The van der Waals surface area contributed by atoms with Crippen molar-refractivity contribution in [1.29, 1.82) is 0 Å². The molecule has 0 amide bonds. The van der Waals surface area contributed by atoms with Crippen molar-refractivity contribution >= 4 is 5.97 Å². The van der Waals surface area contributed by atoms with Crippen molar-refractivity contribution in [2.75, 3.05) is 0 Å². The van der Waals surface area contributed by atoms with Crippen LogP contribution in [0.3, 0.4) is 0 Å². The van der Waals surface area contributed by atoms with Crippen LogP contribution in [0.5, 0.6) is 0 Å². The molecule has 1 aliphatic rings. The summed E-state index contributed by atoms with van der Waals surface area (Å²) in [5.41, 5.74) is 1.79. The molecule has 0 heterocycles. The molecular formula is C19H27O3. The quantitative estimate of drug-likeness (QED) is 0.541. The Morgan fingerprint density at radius 1 is 1.18 bits per heavy atom. The maximum Gasteiger partial charge on any atom is 0.373 e. The monoisotopic (exact) mass is 303 g/mol. The maximum absolute atomic E-state index is 12.0. The lowest BCUT2D eigenvalue weighted by atomic mass is 9.80. The molecule has 0 aliphatic heterocycles. The second-order valence-electron chi connectivity index (χ2n) is 6.49. The van der Waals surface area contributed by atoms with Crippen LogP contribution in [0, 0.1) is 17.9 Å². The van der Waals surface area contributed by atoms with Crippen LogP contribution in [0.25, 0.3) is 0 Å². The van der Waals surface area contributed by atoms with E-state index in [-0.39, 0.29) is 0 Å². The van der Waals surface area contributed by atoms with Gasteiger partial charge in [-0.1, -0.05) is 39.3 Å². The molecule has 22 heavy (non-hydrogen) atoms. The molecule has 2 atom stereocenters. The molecular weight excluding hydrogens is 276 g/mol. The Hall–Kier alpha value is -1.35. The highest BCUT2D eigenvalue weighted by Gasteiger charge is 2.27. The minimum absolute atomic E-state index is 0.416. The van der Waals surface area contributed by atoms with Crippen molar-refractivity contribution in [2.45, 2.75) is 59.3 Å². The minimum Gasteiger partial charge on any atom is -0.292 e. The molecule has 2 rings (SSSR count). The molecule has 121 valence electrons. The summed E-state index contributed by atoms with van der Waals surface area (Å²) >= 11 is 0. The van der Waals surface area contributed by atoms with Crippen LogP contribution in [0.15, 0.2) is 24.3 Å².